The second-order valence-corrected chi connectivity index (χ2v) is 3.91. The van der Waals surface area contributed by atoms with E-state index in [4.69, 9.17) is 11.6 Å². The lowest BCUT2D eigenvalue weighted by Crippen LogP contribution is -1.99. The van der Waals surface area contributed by atoms with Crippen LogP contribution in [0.15, 0.2) is 61.0 Å². The molecule has 1 unspecified atom stereocenters. The predicted molar refractivity (Wildman–Crippen MR) is 79.7 cm³/mol. The van der Waals surface area contributed by atoms with Gasteiger partial charge in [-0.1, -0.05) is 75.9 Å². The zero-order valence-corrected chi connectivity index (χ0v) is 12.0. The number of hydrogen-bond donors (Lipinski definition) is 0. The third kappa shape index (κ3) is 4.50. The summed E-state index contributed by atoms with van der Waals surface area (Å²) in [4.78, 5) is 0. The molecular weight excluding hydrogens is 247 g/mol. The third-order valence-electron chi connectivity index (χ3n) is 2.45. The van der Waals surface area contributed by atoms with Crippen molar-refractivity contribution < 1.29 is 4.39 Å². The van der Waals surface area contributed by atoms with E-state index in [2.05, 4.69) is 13.2 Å². The minimum atomic E-state index is -0.452. The lowest BCUT2D eigenvalue weighted by atomic mass is 9.92. The Labute approximate surface area is 114 Å². The number of hydrogen-bond acceptors (Lipinski definition) is 0. The Morgan fingerprint density at radius 1 is 1.33 bits per heavy atom. The maximum absolute atomic E-state index is 13.3. The van der Waals surface area contributed by atoms with Crippen LogP contribution < -0.4 is 0 Å². The van der Waals surface area contributed by atoms with E-state index in [1.165, 1.54) is 0 Å². The van der Waals surface area contributed by atoms with Gasteiger partial charge in [0, 0.05) is 10.9 Å². The highest BCUT2D eigenvalue weighted by Crippen LogP contribution is 2.33. The molecule has 0 amide bonds. The second kappa shape index (κ2) is 8.71. The highest BCUT2D eigenvalue weighted by atomic mass is 35.5. The van der Waals surface area contributed by atoms with Crippen LogP contribution in [0, 0.1) is 0 Å². The largest absolute Gasteiger partial charge is 0.207 e. The van der Waals surface area contributed by atoms with Gasteiger partial charge in [0.05, 0.1) is 0 Å². The summed E-state index contributed by atoms with van der Waals surface area (Å²) in [7, 11) is 0. The molecule has 18 heavy (non-hydrogen) atoms. The molecule has 1 aromatic rings. The molecule has 0 aliphatic heterocycles. The van der Waals surface area contributed by atoms with Gasteiger partial charge in [0.1, 0.15) is 5.83 Å². The summed E-state index contributed by atoms with van der Waals surface area (Å²) >= 11 is 6.06. The maximum atomic E-state index is 13.3. The van der Waals surface area contributed by atoms with Crippen LogP contribution in [0.1, 0.15) is 32.3 Å². The van der Waals surface area contributed by atoms with Crippen LogP contribution in [0.3, 0.4) is 0 Å². The van der Waals surface area contributed by atoms with Crippen LogP contribution in [0.25, 0.3) is 0 Å². The van der Waals surface area contributed by atoms with Crippen molar-refractivity contribution in [2.75, 3.05) is 0 Å². The van der Waals surface area contributed by atoms with Crippen LogP contribution in [-0.4, -0.2) is 0 Å². The molecule has 0 nitrogen and oxygen atoms in total. The van der Waals surface area contributed by atoms with Crippen molar-refractivity contribution in [3.63, 3.8) is 0 Å². The molecule has 0 bridgehead atoms. The number of halogens is 2. The highest BCUT2D eigenvalue weighted by molar-refractivity contribution is 6.31. The van der Waals surface area contributed by atoms with Gasteiger partial charge in [-0.05, 0) is 17.2 Å². The van der Waals surface area contributed by atoms with Gasteiger partial charge in [-0.15, -0.1) is 0 Å². The predicted octanol–water partition coefficient (Wildman–Crippen LogP) is 6.07. The Hall–Kier alpha value is -1.34. The van der Waals surface area contributed by atoms with E-state index in [0.29, 0.717) is 10.6 Å². The number of benzene rings is 1. The zero-order chi connectivity index (χ0) is 14.1. The van der Waals surface area contributed by atoms with Crippen LogP contribution in [0.4, 0.5) is 4.39 Å². The summed E-state index contributed by atoms with van der Waals surface area (Å²) < 4.78 is 13.3. The van der Waals surface area contributed by atoms with Gasteiger partial charge in [0.2, 0.25) is 0 Å². The zero-order valence-electron chi connectivity index (χ0n) is 11.2. The van der Waals surface area contributed by atoms with E-state index in [9.17, 15) is 4.39 Å². The Bertz CT molecular complexity index is 432. The average Bonchev–Trinajstić information content (AvgIpc) is 2.38. The Morgan fingerprint density at radius 3 is 2.33 bits per heavy atom. The fraction of sp³-hybridized carbons (Fsp3) is 0.250. The molecule has 1 atom stereocenters. The van der Waals surface area contributed by atoms with Crippen LogP contribution in [0.5, 0.6) is 0 Å². The fourth-order valence-electron chi connectivity index (χ4n) is 1.59. The standard InChI is InChI=1S/C14H14ClF.C2H6/c1-4-7-12(11(3)16)10(2)13-8-5-6-9-14(13)15;1-2/h4-10H,1,3H2,2H3;1-2H3/b12-7-;. The number of rotatable bonds is 4. The monoisotopic (exact) mass is 266 g/mol. The van der Waals surface area contributed by atoms with Crippen molar-refractivity contribution in [1.82, 2.24) is 0 Å². The van der Waals surface area contributed by atoms with Gasteiger partial charge in [0.15, 0.2) is 0 Å². The van der Waals surface area contributed by atoms with Gasteiger partial charge in [0.25, 0.3) is 0 Å². The molecule has 98 valence electrons. The smallest absolute Gasteiger partial charge is 0.119 e. The average molecular weight is 267 g/mol. The van der Waals surface area contributed by atoms with E-state index in [1.807, 2.05) is 39.0 Å². The first-order valence-corrected chi connectivity index (χ1v) is 6.37. The summed E-state index contributed by atoms with van der Waals surface area (Å²) in [6.07, 6.45) is 3.17. The van der Waals surface area contributed by atoms with Crippen LogP contribution in [0.2, 0.25) is 5.02 Å². The molecule has 0 aliphatic rings. The summed E-state index contributed by atoms with van der Waals surface area (Å²) in [6.45, 7) is 12.8. The third-order valence-corrected chi connectivity index (χ3v) is 2.79. The van der Waals surface area contributed by atoms with E-state index in [1.54, 1.807) is 18.2 Å². The molecule has 0 aromatic heterocycles. The molecule has 0 fully saturated rings. The molecule has 0 N–H and O–H groups in total. The van der Waals surface area contributed by atoms with E-state index >= 15 is 0 Å². The first kappa shape index (κ1) is 16.7. The first-order chi connectivity index (χ1) is 8.57. The van der Waals surface area contributed by atoms with Crippen molar-refractivity contribution >= 4 is 11.6 Å². The molecule has 1 rings (SSSR count). The Balaban J connectivity index is 0.00000137. The minimum absolute atomic E-state index is 0.135. The first-order valence-electron chi connectivity index (χ1n) is 5.99. The summed E-state index contributed by atoms with van der Waals surface area (Å²) in [6, 6.07) is 7.40. The molecule has 2 heteroatoms. The van der Waals surface area contributed by atoms with Gasteiger partial charge in [-0.25, -0.2) is 4.39 Å². The molecule has 0 spiro atoms. The normalized spacial score (nSPS) is 12.2. The van der Waals surface area contributed by atoms with Gasteiger partial charge >= 0.3 is 0 Å². The number of allylic oxidation sites excluding steroid dienone is 4. The summed E-state index contributed by atoms with van der Waals surface area (Å²) in [5, 5.41) is 0.631. The lowest BCUT2D eigenvalue weighted by Gasteiger charge is -2.15. The van der Waals surface area contributed by atoms with Crippen molar-refractivity contribution in [1.29, 1.82) is 0 Å². The van der Waals surface area contributed by atoms with Gasteiger partial charge in [-0.2, -0.15) is 0 Å². The molecule has 0 saturated heterocycles. The van der Waals surface area contributed by atoms with Crippen molar-refractivity contribution in [3.8, 4) is 0 Å². The molecular formula is C16H20ClF. The van der Waals surface area contributed by atoms with Crippen LogP contribution in [-0.2, 0) is 0 Å². The van der Waals surface area contributed by atoms with Gasteiger partial charge in [-0.3, -0.25) is 0 Å². The molecule has 0 aliphatic carbocycles. The highest BCUT2D eigenvalue weighted by Gasteiger charge is 2.15. The van der Waals surface area contributed by atoms with Gasteiger partial charge < -0.3 is 0 Å². The fourth-order valence-corrected chi connectivity index (χ4v) is 1.89. The van der Waals surface area contributed by atoms with Crippen molar-refractivity contribution in [2.24, 2.45) is 0 Å². The maximum Gasteiger partial charge on any atom is 0.119 e. The van der Waals surface area contributed by atoms with Crippen molar-refractivity contribution in [3.05, 3.63) is 71.6 Å². The topological polar surface area (TPSA) is 0 Å². The van der Waals surface area contributed by atoms with Crippen molar-refractivity contribution in [2.45, 2.75) is 26.7 Å². The molecule has 0 saturated carbocycles. The minimum Gasteiger partial charge on any atom is -0.207 e. The second-order valence-electron chi connectivity index (χ2n) is 3.51. The molecule has 1 aromatic carbocycles. The molecule has 0 radical (unpaired) electrons. The van der Waals surface area contributed by atoms with Crippen LogP contribution >= 0.6 is 11.6 Å². The Morgan fingerprint density at radius 2 is 1.89 bits per heavy atom. The summed E-state index contributed by atoms with van der Waals surface area (Å²) in [5.74, 6) is -0.587. The Kier molecular flexibility index (Phi) is 8.06. The lowest BCUT2D eigenvalue weighted by molar-refractivity contribution is 0.634. The SMILES string of the molecule is C=C/C=C(\C(=C)F)C(C)c1ccccc1Cl.CC. The quantitative estimate of drug-likeness (QED) is 0.581. The van der Waals surface area contributed by atoms with E-state index in [-0.39, 0.29) is 5.92 Å². The van der Waals surface area contributed by atoms with E-state index < -0.39 is 5.83 Å². The summed E-state index contributed by atoms with van der Waals surface area (Å²) in [5.41, 5.74) is 1.39. The molecule has 0 heterocycles. The van der Waals surface area contributed by atoms with E-state index in [0.717, 1.165) is 5.56 Å².